The number of aliphatic hydroxyl groups is 1. The van der Waals surface area contributed by atoms with Crippen LogP contribution >= 0.6 is 23.4 Å². The smallest absolute Gasteiger partial charge is 0.416 e. The Labute approximate surface area is 240 Å². The Kier molecular flexibility index (Phi) is 9.87. The molecule has 4 rings (SSSR count). The summed E-state index contributed by atoms with van der Waals surface area (Å²) in [5.41, 5.74) is 0.108. The molecule has 0 amide bonds. The first-order valence-corrected chi connectivity index (χ1v) is 14.4. The Balaban J connectivity index is 1.36. The average molecular weight is 597 g/mol. The van der Waals surface area contributed by atoms with Crippen LogP contribution in [-0.2, 0) is 11.0 Å². The zero-order chi connectivity index (χ0) is 28.9. The summed E-state index contributed by atoms with van der Waals surface area (Å²) in [7, 11) is 1.56. The van der Waals surface area contributed by atoms with E-state index in [2.05, 4.69) is 9.88 Å². The number of carbonyl (C=O) groups is 1. The van der Waals surface area contributed by atoms with E-state index < -0.39 is 29.2 Å². The van der Waals surface area contributed by atoms with E-state index in [4.69, 9.17) is 16.3 Å². The number of pyridine rings is 1. The van der Waals surface area contributed by atoms with Crippen molar-refractivity contribution < 1.29 is 32.9 Å². The molecule has 2 N–H and O–H groups in total. The number of alkyl halides is 3. The van der Waals surface area contributed by atoms with Gasteiger partial charge >= 0.3 is 12.1 Å². The summed E-state index contributed by atoms with van der Waals surface area (Å²) < 4.78 is 44.3. The van der Waals surface area contributed by atoms with Crippen LogP contribution in [0.4, 0.5) is 13.2 Å². The summed E-state index contributed by atoms with van der Waals surface area (Å²) >= 11 is 7.83. The highest BCUT2D eigenvalue weighted by Gasteiger charge is 2.37. The fourth-order valence-electron chi connectivity index (χ4n) is 5.36. The van der Waals surface area contributed by atoms with E-state index in [0.717, 1.165) is 6.07 Å². The van der Waals surface area contributed by atoms with Crippen LogP contribution in [-0.4, -0.2) is 58.6 Å². The minimum atomic E-state index is -4.37. The van der Waals surface area contributed by atoms with Gasteiger partial charge in [-0.05, 0) is 80.6 Å². The minimum absolute atomic E-state index is 0.00515. The van der Waals surface area contributed by atoms with Crippen molar-refractivity contribution >= 4 is 40.2 Å². The molecule has 40 heavy (non-hydrogen) atoms. The number of aliphatic hydroxyl groups excluding tert-OH is 1. The highest BCUT2D eigenvalue weighted by Crippen LogP contribution is 2.43. The topological polar surface area (TPSA) is 82.9 Å². The number of hydrogen-bond acceptors (Lipinski definition) is 6. The van der Waals surface area contributed by atoms with Crippen molar-refractivity contribution in [1.82, 2.24) is 9.88 Å². The van der Waals surface area contributed by atoms with E-state index in [9.17, 15) is 28.2 Å². The zero-order valence-corrected chi connectivity index (χ0v) is 23.7. The van der Waals surface area contributed by atoms with Crippen LogP contribution in [0.3, 0.4) is 0 Å². The van der Waals surface area contributed by atoms with E-state index in [1.54, 1.807) is 31.4 Å². The van der Waals surface area contributed by atoms with Crippen molar-refractivity contribution in [2.45, 2.75) is 49.3 Å². The summed E-state index contributed by atoms with van der Waals surface area (Å²) in [4.78, 5) is 18.9. The monoisotopic (exact) mass is 596 g/mol. The molecule has 1 aromatic heterocycles. The number of hydrogen-bond donors (Lipinski definition) is 2. The lowest BCUT2D eigenvalue weighted by molar-refractivity contribution is -0.141. The number of halogens is 4. The number of carboxylic acid groups (broad SMARTS) is 1. The van der Waals surface area contributed by atoms with E-state index in [0.29, 0.717) is 83.2 Å². The Bertz CT molecular complexity index is 1330. The number of aromatic nitrogens is 1. The van der Waals surface area contributed by atoms with Crippen molar-refractivity contribution in [3.05, 3.63) is 64.8 Å². The van der Waals surface area contributed by atoms with Crippen molar-refractivity contribution in [2.75, 3.05) is 32.5 Å². The lowest BCUT2D eigenvalue weighted by Crippen LogP contribution is -2.42. The second-order valence-corrected chi connectivity index (χ2v) is 11.8. The van der Waals surface area contributed by atoms with E-state index >= 15 is 0 Å². The third-order valence-electron chi connectivity index (χ3n) is 7.63. The van der Waals surface area contributed by atoms with E-state index in [1.807, 2.05) is 0 Å². The number of aliphatic carboxylic acids is 1. The molecule has 0 saturated carbocycles. The summed E-state index contributed by atoms with van der Waals surface area (Å²) in [6, 6.07) is 10.7. The van der Waals surface area contributed by atoms with Gasteiger partial charge in [-0.25, -0.2) is 0 Å². The van der Waals surface area contributed by atoms with Gasteiger partial charge < -0.3 is 19.8 Å². The lowest BCUT2D eigenvalue weighted by atomic mass is 9.71. The SMILES string of the molecule is COc1ccc2ncc(Cl)c([C@@H](O)CCC3(CC(=O)O)CCN(CCSc4cccc(C(F)(F)F)c4)CC3)c2c1. The standard InChI is InChI=1S/C29H32ClF3N2O4S/c1-39-20-5-6-24-22(16-20)27(23(30)18-34-24)25(36)7-8-28(17-26(37)38)9-11-35(12-10-28)13-14-40-21-4-2-3-19(15-21)29(31,32)33/h2-6,15-16,18,25,36H,7-14,17H2,1H3,(H,37,38)/t25-/m0/s1. The quantitative estimate of drug-likeness (QED) is 0.229. The highest BCUT2D eigenvalue weighted by molar-refractivity contribution is 7.99. The molecule has 216 valence electrons. The first-order valence-electron chi connectivity index (χ1n) is 13.0. The lowest BCUT2D eigenvalue weighted by Gasteiger charge is -2.41. The number of likely N-dealkylation sites (tertiary alicyclic amines) is 1. The molecule has 11 heteroatoms. The number of ether oxygens (including phenoxy) is 1. The molecule has 2 aromatic carbocycles. The number of methoxy groups -OCH3 is 1. The number of carboxylic acids is 1. The predicted octanol–water partition coefficient (Wildman–Crippen LogP) is 7.08. The van der Waals surface area contributed by atoms with Gasteiger partial charge in [0.1, 0.15) is 5.75 Å². The normalized spacial score (nSPS) is 16.6. The fourth-order valence-corrected chi connectivity index (χ4v) is 6.61. The van der Waals surface area contributed by atoms with E-state index in [-0.39, 0.29) is 6.42 Å². The van der Waals surface area contributed by atoms with Gasteiger partial charge in [0.2, 0.25) is 0 Å². The van der Waals surface area contributed by atoms with Gasteiger partial charge in [-0.15, -0.1) is 11.8 Å². The Morgan fingerprint density at radius 3 is 2.65 bits per heavy atom. The van der Waals surface area contributed by atoms with Crippen molar-refractivity contribution in [3.63, 3.8) is 0 Å². The maximum absolute atomic E-state index is 13.0. The molecule has 2 heterocycles. The van der Waals surface area contributed by atoms with Gasteiger partial charge in [-0.3, -0.25) is 9.78 Å². The van der Waals surface area contributed by atoms with Crippen LogP contribution in [0.5, 0.6) is 5.75 Å². The maximum atomic E-state index is 13.0. The predicted molar refractivity (Wildman–Crippen MR) is 150 cm³/mol. The number of piperidine rings is 1. The van der Waals surface area contributed by atoms with Crippen LogP contribution < -0.4 is 4.74 Å². The molecule has 0 aliphatic carbocycles. The molecule has 3 aromatic rings. The van der Waals surface area contributed by atoms with Crippen molar-refractivity contribution in [3.8, 4) is 5.75 Å². The summed E-state index contributed by atoms with van der Waals surface area (Å²) in [6.07, 6.45) is -1.60. The third kappa shape index (κ3) is 7.60. The maximum Gasteiger partial charge on any atom is 0.416 e. The minimum Gasteiger partial charge on any atom is -0.497 e. The van der Waals surface area contributed by atoms with Crippen LogP contribution in [0.1, 0.15) is 49.3 Å². The second kappa shape index (κ2) is 13.0. The molecule has 0 spiro atoms. The van der Waals surface area contributed by atoms with Crippen LogP contribution in [0.2, 0.25) is 5.02 Å². The van der Waals surface area contributed by atoms with Crippen molar-refractivity contribution in [1.29, 1.82) is 0 Å². The van der Waals surface area contributed by atoms with Gasteiger partial charge in [-0.2, -0.15) is 13.2 Å². The first kappa shape index (κ1) is 30.4. The van der Waals surface area contributed by atoms with Gasteiger partial charge in [0.05, 0.1) is 35.7 Å². The molecule has 1 fully saturated rings. The Morgan fingerprint density at radius 1 is 1.23 bits per heavy atom. The third-order valence-corrected chi connectivity index (χ3v) is 8.91. The highest BCUT2D eigenvalue weighted by atomic mass is 35.5. The molecule has 0 bridgehead atoms. The number of thioether (sulfide) groups is 1. The average Bonchev–Trinajstić information content (AvgIpc) is 2.92. The van der Waals surface area contributed by atoms with Gasteiger partial charge in [0.25, 0.3) is 0 Å². The number of nitrogens with zero attached hydrogens (tertiary/aromatic N) is 2. The molecule has 1 aliphatic rings. The number of benzene rings is 2. The van der Waals surface area contributed by atoms with Crippen LogP contribution in [0.15, 0.2) is 53.6 Å². The molecule has 0 unspecified atom stereocenters. The van der Waals surface area contributed by atoms with Gasteiger partial charge in [-0.1, -0.05) is 17.7 Å². The number of fused-ring (bicyclic) bond motifs is 1. The Morgan fingerprint density at radius 2 is 1.98 bits per heavy atom. The molecule has 1 saturated heterocycles. The summed E-state index contributed by atoms with van der Waals surface area (Å²) in [5, 5.41) is 21.9. The van der Waals surface area contributed by atoms with Crippen molar-refractivity contribution in [2.24, 2.45) is 5.41 Å². The summed E-state index contributed by atoms with van der Waals surface area (Å²) in [6.45, 7) is 2.05. The molecule has 1 aliphatic heterocycles. The first-order chi connectivity index (χ1) is 19.0. The van der Waals surface area contributed by atoms with Gasteiger partial charge in [0.15, 0.2) is 0 Å². The molecule has 6 nitrogen and oxygen atoms in total. The largest absolute Gasteiger partial charge is 0.497 e. The van der Waals surface area contributed by atoms with Gasteiger partial charge in [0, 0.05) is 34.3 Å². The zero-order valence-electron chi connectivity index (χ0n) is 22.1. The Hall–Kier alpha value is -2.53. The van der Waals surface area contributed by atoms with Crippen LogP contribution in [0.25, 0.3) is 10.9 Å². The number of rotatable bonds is 11. The molecule has 0 radical (unpaired) electrons. The molecular formula is C29H32ClF3N2O4S. The second-order valence-electron chi connectivity index (χ2n) is 10.2. The molecular weight excluding hydrogens is 565 g/mol. The van der Waals surface area contributed by atoms with Crippen LogP contribution in [0, 0.1) is 5.41 Å². The summed E-state index contributed by atoms with van der Waals surface area (Å²) in [5.74, 6) is 0.370. The fraction of sp³-hybridized carbons (Fsp3) is 0.448. The molecule has 1 atom stereocenters. The van der Waals surface area contributed by atoms with E-state index in [1.165, 1.54) is 30.1 Å².